The van der Waals surface area contributed by atoms with Gasteiger partial charge in [-0.05, 0) is 30.9 Å². The number of carbonyl (C=O) groups excluding carboxylic acids is 2. The van der Waals surface area contributed by atoms with Gasteiger partial charge >= 0.3 is 0 Å². The van der Waals surface area contributed by atoms with Crippen LogP contribution in [0.1, 0.15) is 32.1 Å². The van der Waals surface area contributed by atoms with Gasteiger partial charge in [-0.15, -0.1) is 24.8 Å². The number of hydrogen-bond donors (Lipinski definition) is 2. The molecule has 1 aliphatic heterocycles. The Kier molecular flexibility index (Phi) is 10.6. The molecule has 28 heavy (non-hydrogen) atoms. The van der Waals surface area contributed by atoms with E-state index >= 15 is 0 Å². The minimum Gasteiger partial charge on any atom is -0.368 e. The van der Waals surface area contributed by atoms with E-state index < -0.39 is 0 Å². The molecule has 0 aromatic heterocycles. The first-order valence-electron chi connectivity index (χ1n) is 9.73. The lowest BCUT2D eigenvalue weighted by molar-refractivity contribution is -0.131. The van der Waals surface area contributed by atoms with E-state index in [4.69, 9.17) is 5.73 Å². The molecule has 1 aromatic carbocycles. The number of amides is 2. The highest BCUT2D eigenvalue weighted by Gasteiger charge is 2.26. The minimum absolute atomic E-state index is 0. The number of carbonyl (C=O) groups is 2. The van der Waals surface area contributed by atoms with Crippen molar-refractivity contribution in [3.05, 3.63) is 30.3 Å². The van der Waals surface area contributed by atoms with Crippen molar-refractivity contribution in [2.45, 2.75) is 38.1 Å². The molecule has 2 atom stereocenters. The summed E-state index contributed by atoms with van der Waals surface area (Å²) in [6, 6.07) is 10.4. The molecule has 3 N–H and O–H groups in total. The first kappa shape index (κ1) is 24.5. The fourth-order valence-corrected chi connectivity index (χ4v) is 3.95. The van der Waals surface area contributed by atoms with Crippen LogP contribution in [0.25, 0.3) is 0 Å². The van der Waals surface area contributed by atoms with E-state index in [1.807, 2.05) is 23.1 Å². The largest absolute Gasteiger partial charge is 0.368 e. The second-order valence-corrected chi connectivity index (χ2v) is 7.36. The number of benzene rings is 1. The van der Waals surface area contributed by atoms with Crippen LogP contribution in [0.2, 0.25) is 0 Å². The molecule has 1 aromatic rings. The van der Waals surface area contributed by atoms with Gasteiger partial charge < -0.3 is 20.9 Å². The third kappa shape index (κ3) is 6.83. The number of halogens is 2. The lowest BCUT2D eigenvalue weighted by Crippen LogP contribution is -2.49. The van der Waals surface area contributed by atoms with Crippen LogP contribution in [-0.4, -0.2) is 55.5 Å². The Labute approximate surface area is 180 Å². The monoisotopic (exact) mass is 430 g/mol. The zero-order valence-corrected chi connectivity index (χ0v) is 17.9. The van der Waals surface area contributed by atoms with Crippen LogP contribution < -0.4 is 16.0 Å². The zero-order valence-electron chi connectivity index (χ0n) is 16.2. The van der Waals surface area contributed by atoms with Crippen molar-refractivity contribution in [2.75, 3.05) is 37.6 Å². The fourth-order valence-electron chi connectivity index (χ4n) is 3.95. The summed E-state index contributed by atoms with van der Waals surface area (Å²) in [5, 5.41) is 2.88. The Morgan fingerprint density at radius 1 is 1.04 bits per heavy atom. The van der Waals surface area contributed by atoms with E-state index in [-0.39, 0.29) is 42.7 Å². The van der Waals surface area contributed by atoms with Crippen LogP contribution in [0.3, 0.4) is 0 Å². The molecule has 158 valence electrons. The summed E-state index contributed by atoms with van der Waals surface area (Å²) >= 11 is 0. The third-order valence-corrected chi connectivity index (χ3v) is 5.58. The van der Waals surface area contributed by atoms with E-state index in [1.54, 1.807) is 0 Å². The van der Waals surface area contributed by atoms with Crippen LogP contribution in [0.5, 0.6) is 0 Å². The van der Waals surface area contributed by atoms with Gasteiger partial charge in [-0.3, -0.25) is 9.59 Å². The number of nitrogens with one attached hydrogen (secondary N) is 1. The van der Waals surface area contributed by atoms with Gasteiger partial charge in [0.05, 0.1) is 0 Å². The number of nitrogens with zero attached hydrogens (tertiary/aromatic N) is 2. The normalized spacial score (nSPS) is 21.5. The van der Waals surface area contributed by atoms with Gasteiger partial charge in [0.15, 0.2) is 0 Å². The summed E-state index contributed by atoms with van der Waals surface area (Å²) < 4.78 is 0. The summed E-state index contributed by atoms with van der Waals surface area (Å²) in [4.78, 5) is 28.6. The quantitative estimate of drug-likeness (QED) is 0.724. The van der Waals surface area contributed by atoms with Crippen molar-refractivity contribution >= 4 is 42.3 Å². The number of nitrogens with two attached hydrogens (primary N) is 1. The van der Waals surface area contributed by atoms with Crippen LogP contribution in [0, 0.1) is 5.92 Å². The minimum atomic E-state index is 0. The highest BCUT2D eigenvalue weighted by molar-refractivity contribution is 5.85. The Morgan fingerprint density at radius 2 is 1.71 bits per heavy atom. The first-order valence-corrected chi connectivity index (χ1v) is 9.73. The van der Waals surface area contributed by atoms with Crippen molar-refractivity contribution in [1.29, 1.82) is 0 Å². The second kappa shape index (κ2) is 12.1. The number of hydrogen-bond acceptors (Lipinski definition) is 4. The maximum atomic E-state index is 12.4. The molecule has 3 rings (SSSR count). The van der Waals surface area contributed by atoms with Gasteiger partial charge in [-0.1, -0.05) is 24.6 Å². The predicted molar refractivity (Wildman–Crippen MR) is 117 cm³/mol. The Bertz CT molecular complexity index is 609. The number of para-hydroxylation sites is 1. The van der Waals surface area contributed by atoms with Gasteiger partial charge in [0.1, 0.15) is 0 Å². The average Bonchev–Trinajstić information content (AvgIpc) is 3.07. The highest BCUT2D eigenvalue weighted by atomic mass is 35.5. The number of anilines is 1. The average molecular weight is 431 g/mol. The molecular weight excluding hydrogens is 399 g/mol. The van der Waals surface area contributed by atoms with Crippen molar-refractivity contribution < 1.29 is 9.59 Å². The highest BCUT2D eigenvalue weighted by Crippen LogP contribution is 2.26. The van der Waals surface area contributed by atoms with Crippen molar-refractivity contribution in [3.8, 4) is 0 Å². The van der Waals surface area contributed by atoms with E-state index in [0.717, 1.165) is 45.4 Å². The summed E-state index contributed by atoms with van der Waals surface area (Å²) in [7, 11) is 0. The van der Waals surface area contributed by atoms with Crippen LogP contribution in [0.4, 0.5) is 5.69 Å². The van der Waals surface area contributed by atoms with Gasteiger partial charge in [0.2, 0.25) is 11.8 Å². The molecule has 0 spiro atoms. The molecule has 1 aliphatic carbocycles. The topological polar surface area (TPSA) is 78.7 Å². The van der Waals surface area contributed by atoms with Crippen LogP contribution in [0.15, 0.2) is 30.3 Å². The Hall–Kier alpha value is -1.50. The van der Waals surface area contributed by atoms with Gasteiger partial charge in [-0.2, -0.15) is 0 Å². The van der Waals surface area contributed by atoms with Gasteiger partial charge in [0.25, 0.3) is 0 Å². The summed E-state index contributed by atoms with van der Waals surface area (Å²) in [6.07, 6.45) is 4.04. The summed E-state index contributed by atoms with van der Waals surface area (Å²) in [5.41, 5.74) is 7.22. The molecule has 6 nitrogen and oxygen atoms in total. The molecule has 2 fully saturated rings. The summed E-state index contributed by atoms with van der Waals surface area (Å²) in [5.74, 6) is 0.446. The fraction of sp³-hybridized carbons (Fsp3) is 0.600. The van der Waals surface area contributed by atoms with Crippen molar-refractivity contribution in [3.63, 3.8) is 0 Å². The zero-order chi connectivity index (χ0) is 18.4. The standard InChI is InChI=1S/C20H30N4O2.2ClH/c21-18-8-4-5-16(18)15-19(25)22-10-9-20(26)24-13-11-23(12-14-24)17-6-2-1-3-7-17;;/h1-3,6-7,16,18H,4-5,8-15,21H2,(H,22,25);2*1H/t16-,18+;;/m0../s1. The molecule has 0 bridgehead atoms. The molecule has 1 saturated heterocycles. The molecule has 1 heterocycles. The Morgan fingerprint density at radius 3 is 2.32 bits per heavy atom. The van der Waals surface area contributed by atoms with Crippen molar-refractivity contribution in [2.24, 2.45) is 11.7 Å². The molecule has 0 unspecified atom stereocenters. The number of piperazine rings is 1. The lowest BCUT2D eigenvalue weighted by Gasteiger charge is -2.36. The third-order valence-electron chi connectivity index (χ3n) is 5.58. The smallest absolute Gasteiger partial charge is 0.224 e. The second-order valence-electron chi connectivity index (χ2n) is 7.36. The molecule has 2 amide bonds. The molecule has 2 aliphatic rings. The molecule has 1 saturated carbocycles. The molecule has 8 heteroatoms. The van der Waals surface area contributed by atoms with Gasteiger partial charge in [0, 0.05) is 57.3 Å². The Balaban J connectivity index is 0.00000196. The van der Waals surface area contributed by atoms with Gasteiger partial charge in [-0.25, -0.2) is 0 Å². The van der Waals surface area contributed by atoms with Crippen LogP contribution >= 0.6 is 24.8 Å². The first-order chi connectivity index (χ1) is 12.6. The lowest BCUT2D eigenvalue weighted by atomic mass is 10.00. The molecular formula is C20H32Cl2N4O2. The maximum Gasteiger partial charge on any atom is 0.224 e. The predicted octanol–water partition coefficient (Wildman–Crippen LogP) is 2.20. The van der Waals surface area contributed by atoms with E-state index in [2.05, 4.69) is 22.3 Å². The summed E-state index contributed by atoms with van der Waals surface area (Å²) in [6.45, 7) is 3.58. The maximum absolute atomic E-state index is 12.4. The molecule has 0 radical (unpaired) electrons. The van der Waals surface area contributed by atoms with Crippen LogP contribution in [-0.2, 0) is 9.59 Å². The number of rotatable bonds is 6. The van der Waals surface area contributed by atoms with E-state index in [0.29, 0.717) is 25.3 Å². The van der Waals surface area contributed by atoms with E-state index in [9.17, 15) is 9.59 Å². The van der Waals surface area contributed by atoms with E-state index in [1.165, 1.54) is 5.69 Å². The SMILES string of the molecule is Cl.Cl.N[C@@H]1CCC[C@H]1CC(=O)NCCC(=O)N1CCN(c2ccccc2)CC1. The van der Waals surface area contributed by atoms with Crippen molar-refractivity contribution in [1.82, 2.24) is 10.2 Å².